The number of amides is 4. The van der Waals surface area contributed by atoms with Crippen LogP contribution in [0.15, 0.2) is 121 Å². The Hall–Kier alpha value is -5.87. The Kier molecular flexibility index (Phi) is 13.1. The highest BCUT2D eigenvalue weighted by atomic mass is 35.5. The van der Waals surface area contributed by atoms with Crippen LogP contribution in [0.5, 0.6) is 11.5 Å². The molecule has 5 rings (SSSR count). The first kappa shape index (κ1) is 38.4. The molecule has 0 aliphatic rings. The monoisotopic (exact) mass is 736 g/mol. The third-order valence-corrected chi connectivity index (χ3v) is 8.14. The van der Waals surface area contributed by atoms with Gasteiger partial charge in [-0.2, -0.15) is 0 Å². The zero-order valence-electron chi connectivity index (χ0n) is 29.8. The summed E-state index contributed by atoms with van der Waals surface area (Å²) in [6, 6.07) is 35.2. The molecular weight excluding hydrogens is 695 g/mol. The molecule has 5 aromatic carbocycles. The number of ether oxygens (including phenoxy) is 2. The fourth-order valence-electron chi connectivity index (χ4n) is 5.37. The highest BCUT2D eigenvalue weighted by Gasteiger charge is 2.23. The maximum atomic E-state index is 14.3. The largest absolute Gasteiger partial charge is 0.455 e. The van der Waals surface area contributed by atoms with Crippen molar-refractivity contribution in [2.24, 2.45) is 0 Å². The predicted octanol–water partition coefficient (Wildman–Crippen LogP) is 9.50. The first-order valence-corrected chi connectivity index (χ1v) is 17.6. The first-order valence-electron chi connectivity index (χ1n) is 17.2. The van der Waals surface area contributed by atoms with Gasteiger partial charge in [-0.1, -0.05) is 84.4 Å². The highest BCUT2D eigenvalue weighted by molar-refractivity contribution is 6.30. The van der Waals surface area contributed by atoms with Crippen molar-refractivity contribution in [3.05, 3.63) is 149 Å². The molecule has 0 bridgehead atoms. The summed E-state index contributed by atoms with van der Waals surface area (Å²) in [5.74, 6) is 0.115. The molecule has 53 heavy (non-hydrogen) atoms. The summed E-state index contributed by atoms with van der Waals surface area (Å²) in [5.41, 5.74) is 3.43. The molecule has 11 heteroatoms. The number of halogens is 2. The summed E-state index contributed by atoms with van der Waals surface area (Å²) >= 11 is 6.45. The number of hydrogen-bond donors (Lipinski definition) is 3. The van der Waals surface area contributed by atoms with E-state index in [0.717, 1.165) is 16.7 Å². The summed E-state index contributed by atoms with van der Waals surface area (Å²) in [6.07, 6.45) is -0.154. The van der Waals surface area contributed by atoms with Crippen LogP contribution in [0.1, 0.15) is 48.7 Å². The van der Waals surface area contributed by atoms with Gasteiger partial charge in [0.1, 0.15) is 17.2 Å². The predicted molar refractivity (Wildman–Crippen MR) is 206 cm³/mol. The number of nitrogens with one attached hydrogen (secondary N) is 3. The maximum absolute atomic E-state index is 14.3. The molecule has 0 saturated heterocycles. The SMILES string of the molecule is CC(C)(C)OC(=O)NCc1cccc(Oc2cc(Cl)ccc2N(CCCNC(=O)NCc2ccccc2F)C(=O)c2ccc(-c3ccccc3)cc2)c1. The van der Waals surface area contributed by atoms with Crippen LogP contribution in [0, 0.1) is 5.82 Å². The lowest BCUT2D eigenvalue weighted by atomic mass is 10.0. The average molecular weight is 737 g/mol. The minimum atomic E-state index is -0.628. The van der Waals surface area contributed by atoms with Gasteiger partial charge in [-0.25, -0.2) is 14.0 Å². The topological polar surface area (TPSA) is 109 Å². The van der Waals surface area contributed by atoms with Crippen molar-refractivity contribution in [1.29, 1.82) is 0 Å². The van der Waals surface area contributed by atoms with E-state index in [2.05, 4.69) is 16.0 Å². The zero-order chi connectivity index (χ0) is 37.8. The molecule has 0 heterocycles. The van der Waals surface area contributed by atoms with Crippen molar-refractivity contribution in [3.63, 3.8) is 0 Å². The fourth-order valence-corrected chi connectivity index (χ4v) is 5.53. The first-order chi connectivity index (χ1) is 25.4. The molecule has 0 aliphatic carbocycles. The van der Waals surface area contributed by atoms with Gasteiger partial charge in [0.25, 0.3) is 5.91 Å². The molecule has 0 fully saturated rings. The van der Waals surface area contributed by atoms with Gasteiger partial charge >= 0.3 is 12.1 Å². The van der Waals surface area contributed by atoms with Gasteiger partial charge < -0.3 is 30.3 Å². The molecule has 274 valence electrons. The Labute approximate surface area is 314 Å². The Morgan fingerprint density at radius 1 is 0.755 bits per heavy atom. The molecule has 9 nitrogen and oxygen atoms in total. The van der Waals surface area contributed by atoms with Crippen LogP contribution in [-0.4, -0.2) is 36.7 Å². The van der Waals surface area contributed by atoms with Crippen LogP contribution in [0.4, 0.5) is 19.7 Å². The van der Waals surface area contributed by atoms with E-state index in [0.29, 0.717) is 39.8 Å². The molecule has 0 aliphatic heterocycles. The van der Waals surface area contributed by atoms with Gasteiger partial charge in [0.2, 0.25) is 0 Å². The van der Waals surface area contributed by atoms with Gasteiger partial charge in [-0.3, -0.25) is 4.79 Å². The van der Waals surface area contributed by atoms with E-state index in [1.54, 1.807) is 92.4 Å². The standard InChI is InChI=1S/C42H42ClFN4O5/c1-42(2,3)53-41(51)47-27-29-11-9-15-35(25-29)52-38-26-34(43)21-22-37(38)48(24-10-23-45-40(50)46-28-33-14-7-8-16-36(33)44)39(49)32-19-17-31(18-20-32)30-12-5-4-6-13-30/h4-9,11-22,25-26H,10,23-24,27-28H2,1-3H3,(H,47,51)(H2,45,46,50). The van der Waals surface area contributed by atoms with Gasteiger partial charge in [0.15, 0.2) is 5.75 Å². The van der Waals surface area contributed by atoms with Crippen molar-refractivity contribution in [2.75, 3.05) is 18.0 Å². The molecule has 0 saturated carbocycles. The number of carbonyl (C=O) groups excluding carboxylic acids is 3. The molecule has 3 N–H and O–H groups in total. The summed E-state index contributed by atoms with van der Waals surface area (Å²) < 4.78 is 25.7. The molecule has 4 amide bonds. The highest BCUT2D eigenvalue weighted by Crippen LogP contribution is 2.36. The van der Waals surface area contributed by atoms with Crippen LogP contribution in [0.3, 0.4) is 0 Å². The second-order valence-electron chi connectivity index (χ2n) is 13.2. The lowest BCUT2D eigenvalue weighted by Crippen LogP contribution is -2.38. The second-order valence-corrected chi connectivity index (χ2v) is 13.6. The number of alkyl carbamates (subject to hydrolysis) is 1. The van der Waals surface area contributed by atoms with E-state index in [1.165, 1.54) is 6.07 Å². The van der Waals surface area contributed by atoms with Crippen molar-refractivity contribution in [3.8, 4) is 22.6 Å². The number of hydrogen-bond acceptors (Lipinski definition) is 5. The van der Waals surface area contributed by atoms with Crippen LogP contribution >= 0.6 is 11.6 Å². The number of carbonyl (C=O) groups is 3. The molecular formula is C42H42ClFN4O5. The van der Waals surface area contributed by atoms with E-state index in [4.69, 9.17) is 21.1 Å². The fraction of sp³-hybridized carbons (Fsp3) is 0.214. The number of anilines is 1. The summed E-state index contributed by atoms with van der Waals surface area (Å²) in [4.78, 5) is 40.6. The van der Waals surface area contributed by atoms with E-state index in [9.17, 15) is 18.8 Å². The number of rotatable bonds is 13. The second kappa shape index (κ2) is 18.1. The minimum Gasteiger partial charge on any atom is -0.455 e. The Bertz CT molecular complexity index is 2020. The Balaban J connectivity index is 1.34. The van der Waals surface area contributed by atoms with Crippen LogP contribution in [0.25, 0.3) is 11.1 Å². The number of benzene rings is 5. The molecule has 5 aromatic rings. The third kappa shape index (κ3) is 11.6. The number of urea groups is 1. The lowest BCUT2D eigenvalue weighted by Gasteiger charge is -2.26. The normalized spacial score (nSPS) is 11.0. The van der Waals surface area contributed by atoms with Crippen molar-refractivity contribution in [2.45, 2.75) is 45.9 Å². The van der Waals surface area contributed by atoms with Crippen LogP contribution < -0.4 is 25.6 Å². The van der Waals surface area contributed by atoms with Gasteiger partial charge in [-0.15, -0.1) is 0 Å². The Morgan fingerprint density at radius 3 is 2.21 bits per heavy atom. The minimum absolute atomic E-state index is 0.0336. The Morgan fingerprint density at radius 2 is 1.47 bits per heavy atom. The van der Waals surface area contributed by atoms with Gasteiger partial charge in [-0.05, 0) is 86.3 Å². The van der Waals surface area contributed by atoms with Crippen molar-refractivity contribution < 1.29 is 28.2 Å². The summed E-state index contributed by atoms with van der Waals surface area (Å²) in [5, 5.41) is 8.60. The van der Waals surface area contributed by atoms with E-state index in [1.807, 2.05) is 48.5 Å². The molecule has 0 unspecified atom stereocenters. The van der Waals surface area contributed by atoms with Crippen molar-refractivity contribution >= 4 is 35.3 Å². The molecule has 0 spiro atoms. The van der Waals surface area contributed by atoms with Crippen LogP contribution in [0.2, 0.25) is 5.02 Å². The maximum Gasteiger partial charge on any atom is 0.407 e. The van der Waals surface area contributed by atoms with Gasteiger partial charge in [0, 0.05) is 48.4 Å². The average Bonchev–Trinajstić information content (AvgIpc) is 3.14. The molecule has 0 radical (unpaired) electrons. The molecule has 0 atom stereocenters. The zero-order valence-corrected chi connectivity index (χ0v) is 30.6. The molecule has 0 aromatic heterocycles. The number of nitrogens with zero attached hydrogens (tertiary/aromatic N) is 1. The third-order valence-electron chi connectivity index (χ3n) is 7.90. The summed E-state index contributed by atoms with van der Waals surface area (Å²) in [7, 11) is 0. The lowest BCUT2D eigenvalue weighted by molar-refractivity contribution is 0.0523. The van der Waals surface area contributed by atoms with Crippen molar-refractivity contribution in [1.82, 2.24) is 16.0 Å². The summed E-state index contributed by atoms with van der Waals surface area (Å²) in [6.45, 7) is 6.06. The van der Waals surface area contributed by atoms with E-state index < -0.39 is 23.5 Å². The van der Waals surface area contributed by atoms with E-state index >= 15 is 0 Å². The van der Waals surface area contributed by atoms with E-state index in [-0.39, 0.29) is 32.1 Å². The quantitative estimate of drug-likeness (QED) is 0.104. The van der Waals surface area contributed by atoms with Crippen LogP contribution in [-0.2, 0) is 17.8 Å². The smallest absolute Gasteiger partial charge is 0.407 e. The van der Waals surface area contributed by atoms with Gasteiger partial charge in [0.05, 0.1) is 5.69 Å².